The summed E-state index contributed by atoms with van der Waals surface area (Å²) in [6, 6.07) is 38.5. The lowest BCUT2D eigenvalue weighted by Crippen LogP contribution is -2.28. The van der Waals surface area contributed by atoms with Crippen LogP contribution in [0.4, 0.5) is 0 Å². The lowest BCUT2D eigenvalue weighted by Gasteiger charge is -2.28. The fourth-order valence-electron chi connectivity index (χ4n) is 9.14. The molecule has 1 atom stereocenters. The fourth-order valence-corrected chi connectivity index (χ4v) is 14.4. The average molecular weight is 1150 g/mol. The number of hydrogen-bond donors (Lipinski definition) is 0. The minimum atomic E-state index is -3.86. The van der Waals surface area contributed by atoms with Crippen molar-refractivity contribution in [1.29, 1.82) is 0 Å². The maximum atomic E-state index is 15.1. The monoisotopic (exact) mass is 1140 g/mol. The van der Waals surface area contributed by atoms with Crippen molar-refractivity contribution in [3.8, 4) is 11.5 Å². The maximum absolute atomic E-state index is 15.1. The van der Waals surface area contributed by atoms with Crippen molar-refractivity contribution in [2.45, 2.75) is 115 Å². The van der Waals surface area contributed by atoms with Crippen molar-refractivity contribution < 1.29 is 66.3 Å². The number of ether oxygens (including phenoxy) is 6. The molecule has 0 aliphatic heterocycles. The number of carbonyl (C=O) groups is 6. The molecule has 0 spiro atoms. The van der Waals surface area contributed by atoms with E-state index >= 15 is 9.13 Å². The van der Waals surface area contributed by atoms with E-state index in [0.717, 1.165) is 11.1 Å². The molecule has 0 radical (unpaired) electrons. The van der Waals surface area contributed by atoms with Gasteiger partial charge in [0.25, 0.3) is 0 Å². The minimum Gasteiger partial charge on any atom is -0.489 e. The highest BCUT2D eigenvalue weighted by molar-refractivity contribution is 7.94. The molecule has 1 unspecified atom stereocenters. The molecule has 0 fully saturated rings. The van der Waals surface area contributed by atoms with Crippen molar-refractivity contribution in [1.82, 2.24) is 0 Å². The van der Waals surface area contributed by atoms with E-state index in [4.69, 9.17) is 28.4 Å². The van der Waals surface area contributed by atoms with Crippen LogP contribution in [0.1, 0.15) is 130 Å². The second-order valence-corrected chi connectivity index (χ2v) is 26.5. The minimum absolute atomic E-state index is 0. The lowest BCUT2D eigenvalue weighted by molar-refractivity contribution is -0.174. The third-order valence-electron chi connectivity index (χ3n) is 13.4. The van der Waals surface area contributed by atoms with Gasteiger partial charge in [-0.05, 0) is 56.6 Å². The number of esters is 4. The van der Waals surface area contributed by atoms with Gasteiger partial charge >= 0.3 is 23.9 Å². The summed E-state index contributed by atoms with van der Waals surface area (Å²) < 4.78 is 63.4. The van der Waals surface area contributed by atoms with E-state index < -0.39 is 79.2 Å². The molecular formula is C65H78O14P2. The highest BCUT2D eigenvalue weighted by atomic mass is 31.2. The van der Waals surface area contributed by atoms with Crippen LogP contribution < -0.4 is 30.7 Å². The van der Waals surface area contributed by atoms with Crippen LogP contribution in [0.15, 0.2) is 133 Å². The SMILES string of the molecule is C.C.Cc1cc(C(C)(C)C)c(OCCOC(=O)CCC(=O)OCOC(=O)C(C)C(=O)OCCOc2c(C(C)(C)C)cc(C)c(C(=O)P(=O)(c3ccccc3)c3ccccc3)c2C)c(C)c1C(=O)P(=O)(c1ccccc1)c1ccccc1. The second-order valence-electron chi connectivity index (χ2n) is 21.2. The Morgan fingerprint density at radius 1 is 0.444 bits per heavy atom. The van der Waals surface area contributed by atoms with Gasteiger partial charge in [-0.25, -0.2) is 0 Å². The first-order chi connectivity index (χ1) is 37.3. The highest BCUT2D eigenvalue weighted by Crippen LogP contribution is 2.51. The summed E-state index contributed by atoms with van der Waals surface area (Å²) in [6.45, 7) is 18.8. The van der Waals surface area contributed by atoms with Crippen LogP contribution in [0.2, 0.25) is 0 Å². The Hall–Kier alpha value is -7.40. The Morgan fingerprint density at radius 3 is 1.09 bits per heavy atom. The quantitative estimate of drug-likeness (QED) is 0.0147. The smallest absolute Gasteiger partial charge is 0.322 e. The normalized spacial score (nSPS) is 11.9. The Kier molecular flexibility index (Phi) is 23.1. The van der Waals surface area contributed by atoms with E-state index in [1.54, 1.807) is 142 Å². The summed E-state index contributed by atoms with van der Waals surface area (Å²) in [5.41, 5.74) is 2.44. The zero-order valence-corrected chi connectivity index (χ0v) is 48.6. The van der Waals surface area contributed by atoms with E-state index in [1.807, 2.05) is 60.6 Å². The average Bonchev–Trinajstić information content (AvgIpc) is 3.60. The van der Waals surface area contributed by atoms with Gasteiger partial charge in [0, 0.05) is 54.6 Å². The topological polar surface area (TPSA) is 192 Å². The highest BCUT2D eigenvalue weighted by Gasteiger charge is 2.41. The summed E-state index contributed by atoms with van der Waals surface area (Å²) >= 11 is 0. The van der Waals surface area contributed by atoms with Gasteiger partial charge in [-0.2, -0.15) is 0 Å². The first-order valence-corrected chi connectivity index (χ1v) is 29.5. The van der Waals surface area contributed by atoms with Gasteiger partial charge in [-0.3, -0.25) is 28.8 Å². The number of hydrogen-bond acceptors (Lipinski definition) is 14. The molecule has 6 rings (SSSR count). The second kappa shape index (κ2) is 28.3. The van der Waals surface area contributed by atoms with E-state index in [2.05, 4.69) is 0 Å². The van der Waals surface area contributed by atoms with Crippen LogP contribution in [0.5, 0.6) is 11.5 Å². The molecule has 14 nitrogen and oxygen atoms in total. The van der Waals surface area contributed by atoms with Crippen molar-refractivity contribution in [2.75, 3.05) is 33.2 Å². The van der Waals surface area contributed by atoms with Gasteiger partial charge < -0.3 is 37.6 Å². The molecule has 0 amide bonds. The first kappa shape index (κ1) is 66.1. The Morgan fingerprint density at radius 2 is 0.753 bits per heavy atom. The van der Waals surface area contributed by atoms with E-state index in [0.29, 0.717) is 55.0 Å². The van der Waals surface area contributed by atoms with Crippen LogP contribution in [0.25, 0.3) is 0 Å². The van der Waals surface area contributed by atoms with Crippen LogP contribution in [0.3, 0.4) is 0 Å². The van der Waals surface area contributed by atoms with E-state index in [-0.39, 0.29) is 58.8 Å². The molecule has 0 aliphatic carbocycles. The molecule has 0 N–H and O–H groups in total. The zero-order chi connectivity index (χ0) is 57.9. The molecule has 16 heteroatoms. The first-order valence-electron chi connectivity index (χ1n) is 26.0. The van der Waals surface area contributed by atoms with E-state index in [1.165, 1.54) is 6.92 Å². The molecule has 6 aromatic rings. The van der Waals surface area contributed by atoms with Gasteiger partial charge in [0.15, 0.2) is 5.92 Å². The van der Waals surface area contributed by atoms with Gasteiger partial charge in [-0.15, -0.1) is 0 Å². The van der Waals surface area contributed by atoms with Crippen LogP contribution >= 0.6 is 14.3 Å². The van der Waals surface area contributed by atoms with Gasteiger partial charge in [0.2, 0.25) is 32.1 Å². The van der Waals surface area contributed by atoms with Crippen LogP contribution in [-0.2, 0) is 58.1 Å². The van der Waals surface area contributed by atoms with Crippen molar-refractivity contribution in [2.24, 2.45) is 5.92 Å². The molecule has 6 aromatic carbocycles. The molecule has 0 saturated carbocycles. The molecule has 432 valence electrons. The third kappa shape index (κ3) is 15.3. The van der Waals surface area contributed by atoms with E-state index in [9.17, 15) is 28.8 Å². The Bertz CT molecular complexity index is 3200. The predicted octanol–water partition coefficient (Wildman–Crippen LogP) is 12.1. The summed E-state index contributed by atoms with van der Waals surface area (Å²) in [4.78, 5) is 80.2. The number of carbonyl (C=O) groups excluding carboxylic acids is 6. The molecule has 0 aromatic heterocycles. The molecule has 0 saturated heterocycles. The maximum Gasteiger partial charge on any atom is 0.322 e. The van der Waals surface area contributed by atoms with Crippen molar-refractivity contribution in [3.63, 3.8) is 0 Å². The van der Waals surface area contributed by atoms with Crippen molar-refractivity contribution >= 4 is 70.4 Å². The van der Waals surface area contributed by atoms with Crippen LogP contribution in [0, 0.1) is 33.6 Å². The lowest BCUT2D eigenvalue weighted by atomic mass is 9.83. The Balaban J connectivity index is 0.00000706. The van der Waals surface area contributed by atoms with Gasteiger partial charge in [-0.1, -0.05) is 190 Å². The summed E-state index contributed by atoms with van der Waals surface area (Å²) in [6.07, 6.45) is -0.763. The zero-order valence-electron chi connectivity index (χ0n) is 46.8. The molecule has 0 bridgehead atoms. The number of rotatable bonds is 23. The third-order valence-corrected chi connectivity index (χ3v) is 19.0. The molecule has 81 heavy (non-hydrogen) atoms. The fraction of sp³-hybridized carbons (Fsp3) is 0.354. The molecule has 0 aliphatic rings. The molecular weight excluding hydrogens is 1070 g/mol. The summed E-state index contributed by atoms with van der Waals surface area (Å²) in [7, 11) is -7.71. The number of aryl methyl sites for hydroxylation is 2. The number of benzene rings is 6. The van der Waals surface area contributed by atoms with Gasteiger partial charge in [0.05, 0.1) is 12.8 Å². The summed E-state index contributed by atoms with van der Waals surface area (Å²) in [5.74, 6) is -4.16. The predicted molar refractivity (Wildman–Crippen MR) is 319 cm³/mol. The Labute approximate surface area is 478 Å². The van der Waals surface area contributed by atoms with Gasteiger partial charge in [0.1, 0.15) is 37.9 Å². The van der Waals surface area contributed by atoms with Crippen molar-refractivity contribution in [3.05, 3.63) is 178 Å². The standard InChI is InChI=1S/C63H70O14P2.2CH4/c1-41-38-50(62(6,7)8)56(43(3)54(41)60(68)78(70,46-24-16-12-17-25-46)47-26-18-13-19-27-47)73-35-34-72-52(64)32-33-53(65)76-40-77-59(67)45(5)58(66)75-37-36-74-57-44(4)55(42(2)39-51(57)63(9,10)11)61(69)79(71,48-28-20-14-21-29-48)49-30-22-15-23-31-49;;/h12-31,38-39,45H,32-37,40H2,1-11H3;2*1H4. The largest absolute Gasteiger partial charge is 0.489 e. The van der Waals surface area contributed by atoms with Crippen LogP contribution in [-0.4, -0.2) is 68.1 Å². The summed E-state index contributed by atoms with van der Waals surface area (Å²) in [5, 5.41) is 1.62. The molecule has 0 heterocycles.